The zero-order valence-corrected chi connectivity index (χ0v) is 8.78. The molecule has 0 atom stereocenters. The number of ether oxygens (including phenoxy) is 1. The molecule has 1 N–H and O–H groups in total. The standard InChI is InChI=1S/C6H12ClNO2.C2H6/c1-2-10-6(9)8-5-3-4-7;1-2/h2-5H2,1H3,(H,8,9);1-2H3. The quantitative estimate of drug-likeness (QED) is 0.553. The molecule has 0 saturated carbocycles. The molecule has 0 aliphatic carbocycles. The van der Waals surface area contributed by atoms with Gasteiger partial charge in [0.15, 0.2) is 0 Å². The highest BCUT2D eigenvalue weighted by atomic mass is 35.5. The van der Waals surface area contributed by atoms with Crippen molar-refractivity contribution in [1.82, 2.24) is 5.32 Å². The van der Waals surface area contributed by atoms with Crippen molar-refractivity contribution in [3.05, 3.63) is 0 Å². The van der Waals surface area contributed by atoms with Crippen LogP contribution in [0.2, 0.25) is 0 Å². The van der Waals surface area contributed by atoms with Crippen molar-refractivity contribution in [2.24, 2.45) is 0 Å². The summed E-state index contributed by atoms with van der Waals surface area (Å²) in [5.41, 5.74) is 0. The number of rotatable bonds is 4. The monoisotopic (exact) mass is 195 g/mol. The molecule has 3 nitrogen and oxygen atoms in total. The van der Waals surface area contributed by atoms with Gasteiger partial charge < -0.3 is 10.1 Å². The van der Waals surface area contributed by atoms with Crippen molar-refractivity contribution >= 4 is 17.7 Å². The maximum Gasteiger partial charge on any atom is 0.407 e. The molecule has 0 aromatic rings. The van der Waals surface area contributed by atoms with E-state index in [0.29, 0.717) is 19.0 Å². The molecule has 0 rings (SSSR count). The van der Waals surface area contributed by atoms with Gasteiger partial charge in [0, 0.05) is 12.4 Å². The summed E-state index contributed by atoms with van der Waals surface area (Å²) in [5.74, 6) is 0.562. The maximum absolute atomic E-state index is 10.5. The first kappa shape index (κ1) is 14.1. The van der Waals surface area contributed by atoms with Gasteiger partial charge in [-0.25, -0.2) is 4.79 Å². The van der Waals surface area contributed by atoms with Gasteiger partial charge in [0.1, 0.15) is 0 Å². The Balaban J connectivity index is 0. The van der Waals surface area contributed by atoms with Gasteiger partial charge in [0.2, 0.25) is 0 Å². The molecule has 0 bridgehead atoms. The minimum absolute atomic E-state index is 0.368. The summed E-state index contributed by atoms with van der Waals surface area (Å²) in [6.07, 6.45) is 0.410. The van der Waals surface area contributed by atoms with Crippen molar-refractivity contribution in [3.63, 3.8) is 0 Å². The SMILES string of the molecule is CC.CCOC(=O)NCCCCl. The zero-order chi connectivity index (χ0) is 9.82. The second-order valence-electron chi connectivity index (χ2n) is 1.69. The number of alkyl carbamates (subject to hydrolysis) is 1. The molecule has 4 heteroatoms. The summed E-state index contributed by atoms with van der Waals surface area (Å²) in [6, 6.07) is 0. The Hall–Kier alpha value is -0.440. The fourth-order valence-electron chi connectivity index (χ4n) is 0.439. The lowest BCUT2D eigenvalue weighted by Gasteiger charge is -2.02. The first-order valence-electron chi connectivity index (χ1n) is 4.27. The fraction of sp³-hybridized carbons (Fsp3) is 0.875. The fourth-order valence-corrected chi connectivity index (χ4v) is 0.573. The van der Waals surface area contributed by atoms with Crippen molar-refractivity contribution in [2.75, 3.05) is 19.0 Å². The lowest BCUT2D eigenvalue weighted by molar-refractivity contribution is 0.152. The predicted molar refractivity (Wildman–Crippen MR) is 51.7 cm³/mol. The molecule has 12 heavy (non-hydrogen) atoms. The van der Waals surface area contributed by atoms with Crippen molar-refractivity contribution < 1.29 is 9.53 Å². The van der Waals surface area contributed by atoms with Crippen molar-refractivity contribution in [2.45, 2.75) is 27.2 Å². The molecule has 0 aromatic carbocycles. The van der Waals surface area contributed by atoms with E-state index in [0.717, 1.165) is 6.42 Å². The smallest absolute Gasteiger partial charge is 0.407 e. The highest BCUT2D eigenvalue weighted by Crippen LogP contribution is 1.82. The molecular formula is C8H18ClNO2. The van der Waals surface area contributed by atoms with Gasteiger partial charge >= 0.3 is 6.09 Å². The van der Waals surface area contributed by atoms with Gasteiger partial charge in [-0.05, 0) is 13.3 Å². The minimum Gasteiger partial charge on any atom is -0.450 e. The van der Waals surface area contributed by atoms with Gasteiger partial charge in [-0.1, -0.05) is 13.8 Å². The molecule has 0 unspecified atom stereocenters. The van der Waals surface area contributed by atoms with Crippen LogP contribution < -0.4 is 5.32 Å². The molecule has 0 spiro atoms. The van der Waals surface area contributed by atoms with Gasteiger partial charge in [-0.3, -0.25) is 0 Å². The number of amides is 1. The summed E-state index contributed by atoms with van der Waals surface area (Å²) in [5, 5.41) is 2.54. The maximum atomic E-state index is 10.5. The number of nitrogens with one attached hydrogen (secondary N) is 1. The summed E-state index contributed by atoms with van der Waals surface area (Å²) in [4.78, 5) is 10.5. The van der Waals surface area contributed by atoms with Crippen LogP contribution in [0.5, 0.6) is 0 Å². The topological polar surface area (TPSA) is 38.3 Å². The van der Waals surface area contributed by atoms with E-state index in [-0.39, 0.29) is 6.09 Å². The number of hydrogen-bond donors (Lipinski definition) is 1. The second-order valence-corrected chi connectivity index (χ2v) is 2.07. The van der Waals surface area contributed by atoms with E-state index >= 15 is 0 Å². The third kappa shape index (κ3) is 12.3. The first-order valence-corrected chi connectivity index (χ1v) is 4.81. The van der Waals surface area contributed by atoms with Crippen LogP contribution in [0.15, 0.2) is 0 Å². The molecule has 0 aliphatic rings. The van der Waals surface area contributed by atoms with Crippen molar-refractivity contribution in [1.29, 1.82) is 0 Å². The van der Waals surface area contributed by atoms with E-state index in [9.17, 15) is 4.79 Å². The number of carbonyl (C=O) groups is 1. The summed E-state index contributed by atoms with van der Waals surface area (Å²) in [6.45, 7) is 6.76. The van der Waals surface area contributed by atoms with Gasteiger partial charge in [0.25, 0.3) is 0 Å². The van der Waals surface area contributed by atoms with E-state index < -0.39 is 0 Å². The normalized spacial score (nSPS) is 8.00. The molecule has 0 saturated heterocycles. The summed E-state index contributed by atoms with van der Waals surface area (Å²) < 4.78 is 4.60. The number of carbonyl (C=O) groups excluding carboxylic acids is 1. The molecule has 0 radical (unpaired) electrons. The molecule has 74 valence electrons. The lowest BCUT2D eigenvalue weighted by atomic mass is 10.5. The molecule has 0 heterocycles. The Labute approximate surface area is 79.4 Å². The molecular weight excluding hydrogens is 178 g/mol. The van der Waals surface area contributed by atoms with E-state index in [1.54, 1.807) is 6.92 Å². The third-order valence-corrected chi connectivity index (χ3v) is 1.12. The molecule has 0 fully saturated rings. The highest BCUT2D eigenvalue weighted by Gasteiger charge is 1.96. The Morgan fingerprint density at radius 2 is 2.08 bits per heavy atom. The second kappa shape index (κ2) is 13.2. The van der Waals surface area contributed by atoms with Crippen molar-refractivity contribution in [3.8, 4) is 0 Å². The van der Waals surface area contributed by atoms with Crippen LogP contribution in [0.25, 0.3) is 0 Å². The summed E-state index contributed by atoms with van der Waals surface area (Å²) in [7, 11) is 0. The van der Waals surface area contributed by atoms with Crippen LogP contribution in [0.1, 0.15) is 27.2 Å². The van der Waals surface area contributed by atoms with Crippen LogP contribution in [0.3, 0.4) is 0 Å². The summed E-state index contributed by atoms with van der Waals surface area (Å²) >= 11 is 5.37. The Bertz CT molecular complexity index is 99.1. The van der Waals surface area contributed by atoms with E-state index in [2.05, 4.69) is 10.1 Å². The molecule has 0 aromatic heterocycles. The number of alkyl halides is 1. The van der Waals surface area contributed by atoms with E-state index in [1.165, 1.54) is 0 Å². The highest BCUT2D eigenvalue weighted by molar-refractivity contribution is 6.17. The lowest BCUT2D eigenvalue weighted by Crippen LogP contribution is -2.25. The average molecular weight is 196 g/mol. The Kier molecular flexibility index (Phi) is 15.5. The average Bonchev–Trinajstić information content (AvgIpc) is 2.09. The van der Waals surface area contributed by atoms with E-state index in [1.807, 2.05) is 13.8 Å². The van der Waals surface area contributed by atoms with Gasteiger partial charge in [0.05, 0.1) is 6.61 Å². The van der Waals surface area contributed by atoms with Gasteiger partial charge in [-0.2, -0.15) is 0 Å². The Morgan fingerprint density at radius 3 is 2.50 bits per heavy atom. The van der Waals surface area contributed by atoms with Crippen LogP contribution in [-0.2, 0) is 4.74 Å². The van der Waals surface area contributed by atoms with Crippen LogP contribution in [0.4, 0.5) is 4.79 Å². The van der Waals surface area contributed by atoms with Crippen LogP contribution in [0, 0.1) is 0 Å². The van der Waals surface area contributed by atoms with Gasteiger partial charge in [-0.15, -0.1) is 11.6 Å². The molecule has 1 amide bonds. The van der Waals surface area contributed by atoms with E-state index in [4.69, 9.17) is 11.6 Å². The first-order chi connectivity index (χ1) is 5.81. The minimum atomic E-state index is -0.368. The largest absolute Gasteiger partial charge is 0.450 e. The number of halogens is 1. The Morgan fingerprint density at radius 1 is 1.50 bits per heavy atom. The zero-order valence-electron chi connectivity index (χ0n) is 8.02. The van der Waals surface area contributed by atoms with Crippen LogP contribution in [-0.4, -0.2) is 25.1 Å². The third-order valence-electron chi connectivity index (χ3n) is 0.855. The predicted octanol–water partition coefficient (Wildman–Crippen LogP) is 2.39. The van der Waals surface area contributed by atoms with Crippen LogP contribution >= 0.6 is 11.6 Å². The number of hydrogen-bond acceptors (Lipinski definition) is 2. The molecule has 0 aliphatic heterocycles.